The van der Waals surface area contributed by atoms with Crippen LogP contribution < -0.4 is 10.9 Å². The summed E-state index contributed by atoms with van der Waals surface area (Å²) >= 11 is 3.16. The molecule has 0 spiro atoms. The zero-order valence-corrected chi connectivity index (χ0v) is 15.0. The van der Waals surface area contributed by atoms with E-state index in [0.717, 1.165) is 16.3 Å². The Bertz CT molecular complexity index is 897. The van der Waals surface area contributed by atoms with Crippen LogP contribution in [0.4, 0.5) is 0 Å². The minimum absolute atomic E-state index is 0.206. The maximum atomic E-state index is 12.5. The van der Waals surface area contributed by atoms with Crippen molar-refractivity contribution in [3.05, 3.63) is 72.7 Å². The van der Waals surface area contributed by atoms with Gasteiger partial charge in [-0.3, -0.25) is 9.59 Å². The first-order valence-electron chi connectivity index (χ1n) is 7.43. The molecule has 3 aromatic rings. The van der Waals surface area contributed by atoms with Crippen LogP contribution in [-0.2, 0) is 13.5 Å². The van der Waals surface area contributed by atoms with Crippen LogP contribution in [0.1, 0.15) is 32.7 Å². The minimum atomic E-state index is -0.263. The number of thiazole rings is 1. The number of pyridine rings is 1. The van der Waals surface area contributed by atoms with Crippen molar-refractivity contribution < 1.29 is 4.79 Å². The number of rotatable bonds is 5. The second-order valence-electron chi connectivity index (χ2n) is 5.55. The minimum Gasteiger partial charge on any atom is -0.342 e. The number of aromatic nitrogens is 2. The van der Waals surface area contributed by atoms with Gasteiger partial charge in [-0.15, -0.1) is 11.3 Å². The Labute approximate surface area is 147 Å². The van der Waals surface area contributed by atoms with Crippen molar-refractivity contribution >= 4 is 28.6 Å². The van der Waals surface area contributed by atoms with Gasteiger partial charge < -0.3 is 9.88 Å². The van der Waals surface area contributed by atoms with Gasteiger partial charge in [-0.25, -0.2) is 4.98 Å². The molecule has 1 N–H and O–H groups in total. The predicted octanol–water partition coefficient (Wildman–Crippen LogP) is 2.93. The SMILES string of the molecule is Cc1csc([C@@H](Cc2ccsc2)NC(=O)c2ccn(C)c(=O)c2)n1. The van der Waals surface area contributed by atoms with Gasteiger partial charge in [0.2, 0.25) is 0 Å². The van der Waals surface area contributed by atoms with E-state index < -0.39 is 0 Å². The molecule has 1 atom stereocenters. The quantitative estimate of drug-likeness (QED) is 0.762. The lowest BCUT2D eigenvalue weighted by atomic mass is 10.1. The zero-order chi connectivity index (χ0) is 17.1. The third-order valence-corrected chi connectivity index (χ3v) is 5.43. The first kappa shape index (κ1) is 16.6. The molecule has 0 bridgehead atoms. The van der Waals surface area contributed by atoms with Gasteiger partial charge in [0, 0.05) is 42.4 Å². The summed E-state index contributed by atoms with van der Waals surface area (Å²) in [7, 11) is 1.65. The predicted molar refractivity (Wildman–Crippen MR) is 96.8 cm³/mol. The van der Waals surface area contributed by atoms with Crippen LogP contribution in [0.3, 0.4) is 0 Å². The van der Waals surface area contributed by atoms with E-state index in [1.54, 1.807) is 30.6 Å². The topological polar surface area (TPSA) is 64.0 Å². The van der Waals surface area contributed by atoms with Crippen LogP contribution in [0, 0.1) is 6.92 Å². The Kier molecular flexibility index (Phi) is 4.92. The van der Waals surface area contributed by atoms with Crippen molar-refractivity contribution in [2.24, 2.45) is 7.05 Å². The van der Waals surface area contributed by atoms with Gasteiger partial charge in [0.1, 0.15) is 5.01 Å². The van der Waals surface area contributed by atoms with Crippen LogP contribution in [-0.4, -0.2) is 15.5 Å². The third kappa shape index (κ3) is 3.80. The van der Waals surface area contributed by atoms with Crippen molar-refractivity contribution in [1.29, 1.82) is 0 Å². The van der Waals surface area contributed by atoms with Gasteiger partial charge in [0.05, 0.1) is 6.04 Å². The molecule has 0 aliphatic heterocycles. The zero-order valence-electron chi connectivity index (χ0n) is 13.4. The number of amides is 1. The number of aryl methyl sites for hydroxylation is 2. The molecule has 3 heterocycles. The number of thiophene rings is 1. The van der Waals surface area contributed by atoms with Crippen molar-refractivity contribution in [2.45, 2.75) is 19.4 Å². The monoisotopic (exact) mass is 359 g/mol. The first-order valence-corrected chi connectivity index (χ1v) is 9.26. The summed E-state index contributed by atoms with van der Waals surface area (Å²) in [5.74, 6) is -0.263. The molecule has 5 nitrogen and oxygen atoms in total. The highest BCUT2D eigenvalue weighted by atomic mass is 32.1. The average Bonchev–Trinajstić information content (AvgIpc) is 3.21. The van der Waals surface area contributed by atoms with E-state index in [4.69, 9.17) is 0 Å². The fraction of sp³-hybridized carbons (Fsp3) is 0.235. The van der Waals surface area contributed by atoms with E-state index in [2.05, 4.69) is 15.7 Å². The third-order valence-electron chi connectivity index (χ3n) is 3.63. The summed E-state index contributed by atoms with van der Waals surface area (Å²) in [6, 6.07) is 4.83. The number of nitrogens with zero attached hydrogens (tertiary/aromatic N) is 2. The lowest BCUT2D eigenvalue weighted by Crippen LogP contribution is -2.31. The van der Waals surface area contributed by atoms with Gasteiger partial charge in [-0.1, -0.05) is 0 Å². The molecule has 0 aromatic carbocycles. The fourth-order valence-corrected chi connectivity index (χ4v) is 3.84. The van der Waals surface area contributed by atoms with E-state index in [1.165, 1.54) is 22.0 Å². The second kappa shape index (κ2) is 7.11. The molecule has 3 aromatic heterocycles. The molecular weight excluding hydrogens is 342 g/mol. The van der Waals surface area contributed by atoms with Crippen LogP contribution >= 0.6 is 22.7 Å². The number of hydrogen-bond acceptors (Lipinski definition) is 5. The normalized spacial score (nSPS) is 12.1. The van der Waals surface area contributed by atoms with E-state index in [-0.39, 0.29) is 17.5 Å². The largest absolute Gasteiger partial charge is 0.342 e. The highest BCUT2D eigenvalue weighted by Crippen LogP contribution is 2.23. The molecule has 124 valence electrons. The van der Waals surface area contributed by atoms with Crippen LogP contribution in [0.5, 0.6) is 0 Å². The van der Waals surface area contributed by atoms with Gasteiger partial charge in [-0.2, -0.15) is 11.3 Å². The summed E-state index contributed by atoms with van der Waals surface area (Å²) in [4.78, 5) is 28.8. The smallest absolute Gasteiger partial charge is 0.252 e. The number of carbonyl (C=O) groups is 1. The second-order valence-corrected chi connectivity index (χ2v) is 7.22. The standard InChI is InChI=1S/C17H17N3O2S2/c1-11-9-24-17(18-11)14(7-12-4-6-23-10-12)19-16(22)13-3-5-20(2)15(21)8-13/h3-6,8-10,14H,7H2,1-2H3,(H,19,22)/t14-/m1/s1. The van der Waals surface area contributed by atoms with Crippen LogP contribution in [0.25, 0.3) is 0 Å². The van der Waals surface area contributed by atoms with E-state index >= 15 is 0 Å². The Morgan fingerprint density at radius 2 is 2.21 bits per heavy atom. The Morgan fingerprint density at radius 1 is 1.38 bits per heavy atom. The summed E-state index contributed by atoms with van der Waals surface area (Å²) in [5, 5.41) is 9.94. The van der Waals surface area contributed by atoms with Crippen molar-refractivity contribution in [2.75, 3.05) is 0 Å². The fourth-order valence-electron chi connectivity index (χ4n) is 2.31. The van der Waals surface area contributed by atoms with E-state index in [1.807, 2.05) is 23.8 Å². The Hall–Kier alpha value is -2.25. The number of hydrogen-bond donors (Lipinski definition) is 1. The maximum absolute atomic E-state index is 12.5. The van der Waals surface area contributed by atoms with Gasteiger partial charge >= 0.3 is 0 Å². The lowest BCUT2D eigenvalue weighted by molar-refractivity contribution is 0.0936. The van der Waals surface area contributed by atoms with Crippen molar-refractivity contribution in [3.63, 3.8) is 0 Å². The van der Waals surface area contributed by atoms with E-state index in [9.17, 15) is 9.59 Å². The van der Waals surface area contributed by atoms with Crippen LogP contribution in [0.2, 0.25) is 0 Å². The van der Waals surface area contributed by atoms with Crippen molar-refractivity contribution in [1.82, 2.24) is 14.9 Å². The van der Waals surface area contributed by atoms with Gasteiger partial charge in [0.15, 0.2) is 0 Å². The summed E-state index contributed by atoms with van der Waals surface area (Å²) in [5.41, 5.74) is 2.25. The van der Waals surface area contributed by atoms with Crippen LogP contribution in [0.15, 0.2) is 45.3 Å². The van der Waals surface area contributed by atoms with Gasteiger partial charge in [-0.05, 0) is 35.4 Å². The number of nitrogens with one attached hydrogen (secondary N) is 1. The molecule has 3 rings (SSSR count). The highest BCUT2D eigenvalue weighted by Gasteiger charge is 2.20. The molecule has 0 saturated carbocycles. The average molecular weight is 359 g/mol. The van der Waals surface area contributed by atoms with E-state index in [0.29, 0.717) is 12.0 Å². The highest BCUT2D eigenvalue weighted by molar-refractivity contribution is 7.09. The molecule has 0 fully saturated rings. The van der Waals surface area contributed by atoms with Gasteiger partial charge in [0.25, 0.3) is 11.5 Å². The molecule has 0 saturated heterocycles. The summed E-state index contributed by atoms with van der Waals surface area (Å²) in [6.07, 6.45) is 2.27. The Balaban J connectivity index is 1.83. The summed E-state index contributed by atoms with van der Waals surface area (Å²) < 4.78 is 1.43. The molecule has 0 radical (unpaired) electrons. The maximum Gasteiger partial charge on any atom is 0.252 e. The molecule has 0 unspecified atom stereocenters. The Morgan fingerprint density at radius 3 is 2.83 bits per heavy atom. The molecule has 0 aliphatic rings. The lowest BCUT2D eigenvalue weighted by Gasteiger charge is -2.16. The number of carbonyl (C=O) groups excluding carboxylic acids is 1. The first-order chi connectivity index (χ1) is 11.5. The molecular formula is C17H17N3O2S2. The molecule has 1 amide bonds. The molecule has 7 heteroatoms. The summed E-state index contributed by atoms with van der Waals surface area (Å²) in [6.45, 7) is 1.93. The molecule has 24 heavy (non-hydrogen) atoms. The van der Waals surface area contributed by atoms with Crippen molar-refractivity contribution in [3.8, 4) is 0 Å². The molecule has 0 aliphatic carbocycles.